The summed E-state index contributed by atoms with van der Waals surface area (Å²) in [6.07, 6.45) is 2.45. The maximum absolute atomic E-state index is 9.83. The van der Waals surface area contributed by atoms with Crippen LogP contribution in [0.15, 0.2) is 35.3 Å². The average Bonchev–Trinajstić information content (AvgIpc) is 2.19. The highest BCUT2D eigenvalue weighted by molar-refractivity contribution is 5.32. The maximum Gasteiger partial charge on any atom is 0.234 e. The normalized spacial score (nSPS) is 11.8. The number of aliphatic imine (C=N–C) groups is 1. The Hall–Kier alpha value is -1.40. The Morgan fingerprint density at radius 3 is 2.69 bits per heavy atom. The molecule has 0 aliphatic rings. The van der Waals surface area contributed by atoms with Gasteiger partial charge in [-0.2, -0.15) is 0 Å². The Morgan fingerprint density at radius 1 is 1.38 bits per heavy atom. The Kier molecular flexibility index (Phi) is 3.94. The number of hydrogen-bond acceptors (Lipinski definition) is 2. The van der Waals surface area contributed by atoms with E-state index in [1.54, 1.807) is 6.08 Å². The first kappa shape index (κ1) is 9.69. The third kappa shape index (κ3) is 3.22. The van der Waals surface area contributed by atoms with Crippen LogP contribution in [0, 0.1) is 0 Å². The fraction of sp³-hybridized carbons (Fsp3) is 0.364. The number of hydrogen-bond donors (Lipinski definition) is 0. The van der Waals surface area contributed by atoms with Crippen molar-refractivity contribution in [1.82, 2.24) is 0 Å². The van der Waals surface area contributed by atoms with Crippen molar-refractivity contribution in [1.29, 1.82) is 0 Å². The van der Waals surface area contributed by atoms with E-state index >= 15 is 0 Å². The lowest BCUT2D eigenvalue weighted by Crippen LogP contribution is -1.95. The van der Waals surface area contributed by atoms with Crippen LogP contribution in [-0.2, 0) is 4.79 Å². The molecular weight excluding hydrogens is 162 g/mol. The number of carbonyl (C=O) groups excluding carboxylic acids is 1. The summed E-state index contributed by atoms with van der Waals surface area (Å²) in [5.41, 5.74) is 1.29. The van der Waals surface area contributed by atoms with E-state index in [4.69, 9.17) is 0 Å². The molecule has 0 radical (unpaired) electrons. The van der Waals surface area contributed by atoms with Gasteiger partial charge in [0.1, 0.15) is 0 Å². The van der Waals surface area contributed by atoms with Crippen molar-refractivity contribution >= 4 is 6.08 Å². The van der Waals surface area contributed by atoms with E-state index in [0.717, 1.165) is 6.42 Å². The lowest BCUT2D eigenvalue weighted by atomic mass is 9.98. The molecule has 0 saturated carbocycles. The third-order valence-corrected chi connectivity index (χ3v) is 2.11. The first-order chi connectivity index (χ1) is 6.34. The SMILES string of the molecule is C[C@@H](CCN=C=O)c1ccccc1. The summed E-state index contributed by atoms with van der Waals surface area (Å²) in [5.74, 6) is 0.457. The van der Waals surface area contributed by atoms with Gasteiger partial charge in [0.25, 0.3) is 0 Å². The largest absolute Gasteiger partial charge is 0.234 e. The predicted octanol–water partition coefficient (Wildman–Crippen LogP) is 2.52. The van der Waals surface area contributed by atoms with Crippen molar-refractivity contribution in [2.45, 2.75) is 19.3 Å². The zero-order chi connectivity index (χ0) is 9.52. The third-order valence-electron chi connectivity index (χ3n) is 2.11. The number of isocyanates is 1. The zero-order valence-corrected chi connectivity index (χ0v) is 7.73. The van der Waals surface area contributed by atoms with Gasteiger partial charge in [0.2, 0.25) is 6.08 Å². The van der Waals surface area contributed by atoms with Crippen LogP contribution in [0.5, 0.6) is 0 Å². The van der Waals surface area contributed by atoms with Crippen LogP contribution < -0.4 is 0 Å². The van der Waals surface area contributed by atoms with Gasteiger partial charge < -0.3 is 0 Å². The van der Waals surface area contributed by atoms with Gasteiger partial charge in [-0.25, -0.2) is 9.79 Å². The molecule has 1 aromatic carbocycles. The molecule has 1 atom stereocenters. The second-order valence-corrected chi connectivity index (χ2v) is 3.07. The second-order valence-electron chi connectivity index (χ2n) is 3.07. The van der Waals surface area contributed by atoms with Crippen molar-refractivity contribution in [3.05, 3.63) is 35.9 Å². The quantitative estimate of drug-likeness (QED) is 0.510. The molecule has 2 nitrogen and oxygen atoms in total. The van der Waals surface area contributed by atoms with E-state index in [0.29, 0.717) is 12.5 Å². The van der Waals surface area contributed by atoms with Crippen LogP contribution in [0.2, 0.25) is 0 Å². The molecule has 0 heterocycles. The van der Waals surface area contributed by atoms with Crippen molar-refractivity contribution in [2.75, 3.05) is 6.54 Å². The molecule has 0 aliphatic carbocycles. The van der Waals surface area contributed by atoms with Crippen LogP contribution in [-0.4, -0.2) is 12.6 Å². The van der Waals surface area contributed by atoms with Gasteiger partial charge in [0, 0.05) is 0 Å². The molecule has 0 fully saturated rings. The van der Waals surface area contributed by atoms with E-state index in [1.807, 2.05) is 18.2 Å². The van der Waals surface area contributed by atoms with Gasteiger partial charge >= 0.3 is 0 Å². The summed E-state index contributed by atoms with van der Waals surface area (Å²) in [4.78, 5) is 13.4. The molecule has 0 unspecified atom stereocenters. The highest BCUT2D eigenvalue weighted by Gasteiger charge is 2.02. The van der Waals surface area contributed by atoms with Gasteiger partial charge in [0.15, 0.2) is 0 Å². The fourth-order valence-corrected chi connectivity index (χ4v) is 1.25. The Morgan fingerprint density at radius 2 is 2.08 bits per heavy atom. The highest BCUT2D eigenvalue weighted by Crippen LogP contribution is 2.17. The van der Waals surface area contributed by atoms with Gasteiger partial charge in [-0.3, -0.25) is 0 Å². The molecule has 2 heteroatoms. The van der Waals surface area contributed by atoms with Crippen LogP contribution in [0.25, 0.3) is 0 Å². The highest BCUT2D eigenvalue weighted by atomic mass is 16.1. The Balaban J connectivity index is 2.48. The molecule has 0 spiro atoms. The number of benzene rings is 1. The molecule has 0 bridgehead atoms. The van der Waals surface area contributed by atoms with Crippen molar-refractivity contribution in [3.63, 3.8) is 0 Å². The summed E-state index contributed by atoms with van der Waals surface area (Å²) in [6, 6.07) is 10.2. The summed E-state index contributed by atoms with van der Waals surface area (Å²) < 4.78 is 0. The van der Waals surface area contributed by atoms with Gasteiger partial charge in [-0.05, 0) is 17.9 Å². The molecular formula is C11H13NO. The van der Waals surface area contributed by atoms with E-state index in [2.05, 4.69) is 24.0 Å². The van der Waals surface area contributed by atoms with E-state index in [9.17, 15) is 4.79 Å². The average molecular weight is 175 g/mol. The van der Waals surface area contributed by atoms with Crippen LogP contribution in [0.4, 0.5) is 0 Å². The van der Waals surface area contributed by atoms with E-state index in [1.165, 1.54) is 5.56 Å². The molecule has 1 aromatic rings. The minimum Gasteiger partial charge on any atom is -0.211 e. The molecule has 0 aliphatic heterocycles. The topological polar surface area (TPSA) is 29.4 Å². The lowest BCUT2D eigenvalue weighted by molar-refractivity contribution is 0.561. The second kappa shape index (κ2) is 5.28. The van der Waals surface area contributed by atoms with Gasteiger partial charge in [0.05, 0.1) is 6.54 Å². The number of rotatable bonds is 4. The minimum absolute atomic E-state index is 0.457. The summed E-state index contributed by atoms with van der Waals surface area (Å²) in [5, 5.41) is 0. The zero-order valence-electron chi connectivity index (χ0n) is 7.73. The molecule has 0 amide bonds. The van der Waals surface area contributed by atoms with Crippen molar-refractivity contribution in [3.8, 4) is 0 Å². The van der Waals surface area contributed by atoms with Crippen molar-refractivity contribution in [2.24, 2.45) is 4.99 Å². The summed E-state index contributed by atoms with van der Waals surface area (Å²) in [7, 11) is 0. The predicted molar refractivity (Wildman–Crippen MR) is 52.5 cm³/mol. The molecule has 1 rings (SSSR count). The van der Waals surface area contributed by atoms with Crippen LogP contribution >= 0.6 is 0 Å². The van der Waals surface area contributed by atoms with E-state index in [-0.39, 0.29) is 0 Å². The molecule has 68 valence electrons. The van der Waals surface area contributed by atoms with Gasteiger partial charge in [-0.1, -0.05) is 37.3 Å². The van der Waals surface area contributed by atoms with Crippen LogP contribution in [0.3, 0.4) is 0 Å². The van der Waals surface area contributed by atoms with E-state index < -0.39 is 0 Å². The maximum atomic E-state index is 9.83. The monoisotopic (exact) mass is 175 g/mol. The fourth-order valence-electron chi connectivity index (χ4n) is 1.25. The minimum atomic E-state index is 0.457. The Labute approximate surface area is 78.3 Å². The first-order valence-corrected chi connectivity index (χ1v) is 4.43. The molecule has 0 N–H and O–H groups in total. The molecule has 0 aromatic heterocycles. The standard InChI is InChI=1S/C11H13NO/c1-10(7-8-12-9-13)11-5-3-2-4-6-11/h2-6,10H,7-8H2,1H3/t10-/m0/s1. The molecule has 13 heavy (non-hydrogen) atoms. The number of nitrogens with zero attached hydrogens (tertiary/aromatic N) is 1. The van der Waals surface area contributed by atoms with Gasteiger partial charge in [-0.15, -0.1) is 0 Å². The van der Waals surface area contributed by atoms with Crippen molar-refractivity contribution < 1.29 is 4.79 Å². The first-order valence-electron chi connectivity index (χ1n) is 4.43. The summed E-state index contributed by atoms with van der Waals surface area (Å²) in [6.45, 7) is 2.70. The smallest absolute Gasteiger partial charge is 0.211 e. The lowest BCUT2D eigenvalue weighted by Gasteiger charge is -2.08. The molecule has 0 saturated heterocycles. The Bertz CT molecular complexity index is 288. The summed E-state index contributed by atoms with van der Waals surface area (Å²) >= 11 is 0. The van der Waals surface area contributed by atoms with Crippen LogP contribution in [0.1, 0.15) is 24.8 Å².